The molecule has 1 fully saturated rings. The maximum atomic E-state index is 11.8. The van der Waals surface area contributed by atoms with Crippen LogP contribution in [0.2, 0.25) is 10.0 Å². The Morgan fingerprint density at radius 2 is 1.90 bits per heavy atom. The maximum Gasteiger partial charge on any atom is 0.268 e. The van der Waals surface area contributed by atoms with Gasteiger partial charge in [-0.05, 0) is 30.4 Å². The number of nitrogens with one attached hydrogen (secondary N) is 1. The Morgan fingerprint density at radius 1 is 1.29 bits per heavy atom. The van der Waals surface area contributed by atoms with Gasteiger partial charge in [0, 0.05) is 17.3 Å². The van der Waals surface area contributed by atoms with E-state index in [0.29, 0.717) is 11.3 Å². The summed E-state index contributed by atoms with van der Waals surface area (Å²) in [5.74, 6) is 0.505. The van der Waals surface area contributed by atoms with Crippen LogP contribution in [0.15, 0.2) is 23.0 Å². The first kappa shape index (κ1) is 14.2. The van der Waals surface area contributed by atoms with Crippen molar-refractivity contribution < 1.29 is 4.74 Å². The lowest BCUT2D eigenvalue weighted by molar-refractivity contribution is 0.452. The highest BCUT2D eigenvalue weighted by Gasteiger charge is 2.41. The molecule has 0 spiro atoms. The number of nitrogens with zero attached hydrogens (tertiary/aromatic N) is 1. The number of halogens is 2. The summed E-state index contributed by atoms with van der Waals surface area (Å²) >= 11 is 12.1. The van der Waals surface area contributed by atoms with Crippen LogP contribution in [0, 0.1) is 0 Å². The van der Waals surface area contributed by atoms with Crippen LogP contribution in [0.4, 0.5) is 5.69 Å². The summed E-state index contributed by atoms with van der Waals surface area (Å²) in [4.78, 5) is 11.8. The van der Waals surface area contributed by atoms with Crippen molar-refractivity contribution >= 4 is 28.9 Å². The van der Waals surface area contributed by atoms with Crippen LogP contribution in [0.5, 0.6) is 11.6 Å². The van der Waals surface area contributed by atoms with Crippen molar-refractivity contribution in [2.45, 2.75) is 25.2 Å². The molecule has 1 aliphatic carbocycles. The summed E-state index contributed by atoms with van der Waals surface area (Å²) in [6.07, 6.45) is 1.95. The molecule has 0 atom stereocenters. The molecule has 0 bridgehead atoms. The molecule has 1 aromatic carbocycles. The number of ether oxygens (including phenoxy) is 1. The van der Waals surface area contributed by atoms with Crippen molar-refractivity contribution in [1.29, 1.82) is 0 Å². The van der Waals surface area contributed by atoms with Gasteiger partial charge >= 0.3 is 0 Å². The van der Waals surface area contributed by atoms with Gasteiger partial charge in [-0.25, -0.2) is 5.10 Å². The molecule has 0 saturated heterocycles. The first-order valence-corrected chi connectivity index (χ1v) is 7.17. The third kappa shape index (κ3) is 2.71. The summed E-state index contributed by atoms with van der Waals surface area (Å²) in [6, 6.07) is 4.71. The lowest BCUT2D eigenvalue weighted by atomic mass is 10.0. The molecule has 5 nitrogen and oxygen atoms in total. The lowest BCUT2D eigenvalue weighted by Gasteiger charge is -2.12. The molecule has 3 rings (SSSR count). The number of nitrogens with two attached hydrogens (primary N) is 1. The van der Waals surface area contributed by atoms with Gasteiger partial charge in [-0.1, -0.05) is 30.1 Å². The van der Waals surface area contributed by atoms with E-state index in [1.54, 1.807) is 6.07 Å². The molecule has 1 aromatic heterocycles. The van der Waals surface area contributed by atoms with Crippen LogP contribution >= 0.6 is 23.2 Å². The number of nitrogen functional groups attached to an aromatic ring is 1. The summed E-state index contributed by atoms with van der Waals surface area (Å²) in [5.41, 5.74) is 6.46. The van der Waals surface area contributed by atoms with E-state index < -0.39 is 0 Å². The summed E-state index contributed by atoms with van der Waals surface area (Å²) in [7, 11) is 0. The predicted octanol–water partition coefficient (Wildman–Crippen LogP) is 3.50. The van der Waals surface area contributed by atoms with Gasteiger partial charge < -0.3 is 10.5 Å². The highest BCUT2D eigenvalue weighted by atomic mass is 35.5. The van der Waals surface area contributed by atoms with Crippen LogP contribution in [-0.4, -0.2) is 10.2 Å². The van der Waals surface area contributed by atoms with Crippen LogP contribution in [0.1, 0.15) is 25.3 Å². The van der Waals surface area contributed by atoms with Gasteiger partial charge in [0.25, 0.3) is 5.56 Å². The molecular weight excluding hydrogens is 313 g/mol. The van der Waals surface area contributed by atoms with E-state index in [1.165, 1.54) is 12.1 Å². The number of rotatable bonds is 3. The van der Waals surface area contributed by atoms with Crippen LogP contribution in [-0.2, 0) is 5.41 Å². The Kier molecular flexibility index (Phi) is 3.34. The van der Waals surface area contributed by atoms with Gasteiger partial charge in [0.1, 0.15) is 0 Å². The predicted molar refractivity (Wildman–Crippen MR) is 82.4 cm³/mol. The molecule has 1 heterocycles. The highest BCUT2D eigenvalue weighted by Crippen LogP contribution is 2.47. The van der Waals surface area contributed by atoms with E-state index >= 15 is 0 Å². The normalized spacial score (nSPS) is 15.8. The third-order valence-electron chi connectivity index (χ3n) is 3.66. The Labute approximate surface area is 131 Å². The second-order valence-electron chi connectivity index (χ2n) is 5.43. The standard InChI is InChI=1S/C14H13Cl2N3O2/c1-14(2-3-14)8-6-11(18-19-13(8)20)21-12-9(15)4-7(17)5-10(12)16/h4-6H,2-3,17H2,1H3,(H,19,20). The molecule has 0 amide bonds. The summed E-state index contributed by atoms with van der Waals surface area (Å²) in [6.45, 7) is 2.03. The van der Waals surface area contributed by atoms with Crippen molar-refractivity contribution in [3.63, 3.8) is 0 Å². The minimum absolute atomic E-state index is 0.0939. The average molecular weight is 326 g/mol. The fourth-order valence-electron chi connectivity index (χ4n) is 2.13. The molecule has 21 heavy (non-hydrogen) atoms. The van der Waals surface area contributed by atoms with Gasteiger partial charge in [-0.3, -0.25) is 4.79 Å². The topological polar surface area (TPSA) is 81.0 Å². The SMILES string of the molecule is CC1(c2cc(Oc3c(Cl)cc(N)cc3Cl)n[nH]c2=O)CC1. The number of hydrogen-bond acceptors (Lipinski definition) is 4. The number of hydrogen-bond donors (Lipinski definition) is 2. The minimum atomic E-state index is -0.197. The molecular formula is C14H13Cl2N3O2. The minimum Gasteiger partial charge on any atom is -0.434 e. The van der Waals surface area contributed by atoms with E-state index in [4.69, 9.17) is 33.7 Å². The zero-order valence-electron chi connectivity index (χ0n) is 11.2. The van der Waals surface area contributed by atoms with Crippen LogP contribution in [0.25, 0.3) is 0 Å². The van der Waals surface area contributed by atoms with E-state index in [9.17, 15) is 4.79 Å². The fourth-order valence-corrected chi connectivity index (χ4v) is 2.71. The Morgan fingerprint density at radius 3 is 2.48 bits per heavy atom. The molecule has 2 aromatic rings. The van der Waals surface area contributed by atoms with Crippen molar-refractivity contribution in [2.75, 3.05) is 5.73 Å². The van der Waals surface area contributed by atoms with E-state index in [2.05, 4.69) is 10.2 Å². The average Bonchev–Trinajstić information content (AvgIpc) is 3.14. The van der Waals surface area contributed by atoms with Gasteiger partial charge in [0.05, 0.1) is 10.0 Å². The summed E-state index contributed by atoms with van der Waals surface area (Å²) in [5, 5.41) is 6.88. The molecule has 1 aliphatic rings. The van der Waals surface area contributed by atoms with Crippen LogP contribution < -0.4 is 16.0 Å². The van der Waals surface area contributed by atoms with E-state index in [0.717, 1.165) is 12.8 Å². The zero-order chi connectivity index (χ0) is 15.2. The van der Waals surface area contributed by atoms with Crippen molar-refractivity contribution in [1.82, 2.24) is 10.2 Å². The second-order valence-corrected chi connectivity index (χ2v) is 6.24. The van der Waals surface area contributed by atoms with Crippen LogP contribution in [0.3, 0.4) is 0 Å². The monoisotopic (exact) mass is 325 g/mol. The molecule has 1 saturated carbocycles. The van der Waals surface area contributed by atoms with Gasteiger partial charge in [-0.2, -0.15) is 0 Å². The fraction of sp³-hybridized carbons (Fsp3) is 0.286. The first-order chi connectivity index (χ1) is 9.89. The smallest absolute Gasteiger partial charge is 0.268 e. The molecule has 7 heteroatoms. The Hall–Kier alpha value is -1.72. The lowest BCUT2D eigenvalue weighted by Crippen LogP contribution is -2.20. The van der Waals surface area contributed by atoms with Gasteiger partial charge in [0.2, 0.25) is 5.88 Å². The number of anilines is 1. The number of aromatic amines is 1. The second kappa shape index (κ2) is 4.93. The summed E-state index contributed by atoms with van der Waals surface area (Å²) < 4.78 is 5.61. The Bertz CT molecular complexity index is 746. The quantitative estimate of drug-likeness (QED) is 0.846. The van der Waals surface area contributed by atoms with E-state index in [-0.39, 0.29) is 32.6 Å². The number of H-pyrrole nitrogens is 1. The first-order valence-electron chi connectivity index (χ1n) is 6.42. The van der Waals surface area contributed by atoms with E-state index in [1.807, 2.05) is 6.92 Å². The molecule has 110 valence electrons. The zero-order valence-corrected chi connectivity index (χ0v) is 12.8. The molecule has 0 aliphatic heterocycles. The van der Waals surface area contributed by atoms with Crippen molar-refractivity contribution in [3.05, 3.63) is 44.2 Å². The Balaban J connectivity index is 1.98. The van der Waals surface area contributed by atoms with Crippen molar-refractivity contribution in [2.24, 2.45) is 0 Å². The molecule has 0 unspecified atom stereocenters. The third-order valence-corrected chi connectivity index (χ3v) is 4.22. The number of benzene rings is 1. The maximum absolute atomic E-state index is 11.8. The molecule has 3 N–H and O–H groups in total. The van der Waals surface area contributed by atoms with Gasteiger partial charge in [-0.15, -0.1) is 5.10 Å². The number of aromatic nitrogens is 2. The molecule has 0 radical (unpaired) electrons. The highest BCUT2D eigenvalue weighted by molar-refractivity contribution is 6.37. The van der Waals surface area contributed by atoms with Crippen molar-refractivity contribution in [3.8, 4) is 11.6 Å². The van der Waals surface area contributed by atoms with Gasteiger partial charge in [0.15, 0.2) is 5.75 Å². The largest absolute Gasteiger partial charge is 0.434 e.